The lowest BCUT2D eigenvalue weighted by Gasteiger charge is -1.96. The molecular weight excluding hydrogens is 196 g/mol. The Labute approximate surface area is 77.5 Å². The Bertz CT molecular complexity index is 277. The molecule has 0 bridgehead atoms. The highest BCUT2D eigenvalue weighted by Crippen LogP contribution is 1.91. The molecule has 0 spiro atoms. The van der Waals surface area contributed by atoms with E-state index in [4.69, 9.17) is 0 Å². The highest BCUT2D eigenvalue weighted by Gasteiger charge is 1.98. The van der Waals surface area contributed by atoms with Crippen molar-refractivity contribution >= 4 is 16.1 Å². The lowest BCUT2D eigenvalue weighted by Crippen LogP contribution is -2.03. The van der Waals surface area contributed by atoms with Gasteiger partial charge in [-0.25, -0.2) is 4.79 Å². The maximum absolute atomic E-state index is 10.5. The predicted molar refractivity (Wildman–Crippen MR) is 46.6 cm³/mol. The van der Waals surface area contributed by atoms with Crippen LogP contribution in [0.2, 0.25) is 0 Å². The van der Waals surface area contributed by atoms with E-state index in [9.17, 15) is 13.2 Å². The summed E-state index contributed by atoms with van der Waals surface area (Å²) in [7, 11) is -2.12. The summed E-state index contributed by atoms with van der Waals surface area (Å²) in [6.07, 6.45) is 4.02. The molecule has 0 aliphatic rings. The summed E-state index contributed by atoms with van der Waals surface area (Å²) in [5, 5.41) is 0. The van der Waals surface area contributed by atoms with E-state index < -0.39 is 16.1 Å². The van der Waals surface area contributed by atoms with Crippen LogP contribution >= 0.6 is 0 Å². The third kappa shape index (κ3) is 9.03. The fraction of sp³-hybridized carbons (Fsp3) is 0.571. The van der Waals surface area contributed by atoms with Crippen molar-refractivity contribution in [3.8, 4) is 0 Å². The molecule has 76 valence electrons. The standard InChI is InChI=1S/C7H12O5S/c1-11-7(8)5-3-4-6-12-13(2,9)10/h3,5H,4,6H2,1-2H3/b5-3+. The first-order valence-corrected chi connectivity index (χ1v) is 5.36. The first-order chi connectivity index (χ1) is 5.95. The van der Waals surface area contributed by atoms with Crippen molar-refractivity contribution in [3.05, 3.63) is 12.2 Å². The van der Waals surface area contributed by atoms with E-state index in [-0.39, 0.29) is 6.61 Å². The molecule has 0 atom stereocenters. The van der Waals surface area contributed by atoms with E-state index in [0.29, 0.717) is 6.42 Å². The van der Waals surface area contributed by atoms with Gasteiger partial charge >= 0.3 is 5.97 Å². The zero-order valence-electron chi connectivity index (χ0n) is 7.52. The van der Waals surface area contributed by atoms with Crippen LogP contribution in [0.4, 0.5) is 0 Å². The van der Waals surface area contributed by atoms with Gasteiger partial charge < -0.3 is 4.74 Å². The molecule has 0 unspecified atom stereocenters. The van der Waals surface area contributed by atoms with Crippen LogP contribution in [-0.4, -0.2) is 34.4 Å². The molecule has 0 aliphatic carbocycles. The van der Waals surface area contributed by atoms with Crippen molar-refractivity contribution in [2.75, 3.05) is 20.0 Å². The Morgan fingerprint density at radius 1 is 1.46 bits per heavy atom. The van der Waals surface area contributed by atoms with Gasteiger partial charge in [0.05, 0.1) is 20.0 Å². The molecule has 0 amide bonds. The fourth-order valence-electron chi connectivity index (χ4n) is 0.515. The summed E-state index contributed by atoms with van der Waals surface area (Å²) in [6.45, 7) is 0.0341. The van der Waals surface area contributed by atoms with E-state index >= 15 is 0 Å². The average molecular weight is 208 g/mol. The second-order valence-electron chi connectivity index (χ2n) is 2.24. The lowest BCUT2D eigenvalue weighted by atomic mass is 10.4. The molecule has 5 nitrogen and oxygen atoms in total. The van der Waals surface area contributed by atoms with Gasteiger partial charge in [0, 0.05) is 6.08 Å². The van der Waals surface area contributed by atoms with Crippen molar-refractivity contribution < 1.29 is 22.1 Å². The Morgan fingerprint density at radius 2 is 2.08 bits per heavy atom. The largest absolute Gasteiger partial charge is 0.466 e. The van der Waals surface area contributed by atoms with Gasteiger partial charge in [-0.2, -0.15) is 8.42 Å². The van der Waals surface area contributed by atoms with Crippen LogP contribution in [0, 0.1) is 0 Å². The second kappa shape index (κ2) is 5.71. The van der Waals surface area contributed by atoms with Gasteiger partial charge in [0.25, 0.3) is 10.1 Å². The minimum atomic E-state index is -3.38. The van der Waals surface area contributed by atoms with Crippen LogP contribution in [0.3, 0.4) is 0 Å². The molecule has 0 saturated heterocycles. The summed E-state index contributed by atoms with van der Waals surface area (Å²) in [4.78, 5) is 10.5. The smallest absolute Gasteiger partial charge is 0.330 e. The topological polar surface area (TPSA) is 69.7 Å². The second-order valence-corrected chi connectivity index (χ2v) is 3.88. The SMILES string of the molecule is COC(=O)/C=C/CCOS(C)(=O)=O. The number of carbonyl (C=O) groups is 1. The van der Waals surface area contributed by atoms with Crippen LogP contribution in [0.1, 0.15) is 6.42 Å². The van der Waals surface area contributed by atoms with E-state index in [1.54, 1.807) is 0 Å². The molecule has 0 rings (SSSR count). The highest BCUT2D eigenvalue weighted by molar-refractivity contribution is 7.85. The first kappa shape index (κ1) is 12.1. The monoisotopic (exact) mass is 208 g/mol. The van der Waals surface area contributed by atoms with Crippen LogP contribution < -0.4 is 0 Å². The third-order valence-corrected chi connectivity index (χ3v) is 1.63. The number of methoxy groups -OCH3 is 1. The van der Waals surface area contributed by atoms with Gasteiger partial charge in [0.1, 0.15) is 0 Å². The number of ether oxygens (including phenoxy) is 1. The van der Waals surface area contributed by atoms with Gasteiger partial charge in [-0.05, 0) is 6.42 Å². The Balaban J connectivity index is 3.58. The van der Waals surface area contributed by atoms with Crippen molar-refractivity contribution in [1.82, 2.24) is 0 Å². The summed E-state index contributed by atoms with van der Waals surface area (Å²) in [6, 6.07) is 0. The average Bonchev–Trinajstić information content (AvgIpc) is 2.01. The highest BCUT2D eigenvalue weighted by atomic mass is 32.2. The van der Waals surface area contributed by atoms with Crippen molar-refractivity contribution in [1.29, 1.82) is 0 Å². The molecule has 0 saturated carbocycles. The van der Waals surface area contributed by atoms with Crippen molar-refractivity contribution in [2.24, 2.45) is 0 Å². The maximum Gasteiger partial charge on any atom is 0.330 e. The molecule has 0 fully saturated rings. The van der Waals surface area contributed by atoms with Crippen LogP contribution in [0.15, 0.2) is 12.2 Å². The number of rotatable bonds is 5. The number of hydrogen-bond acceptors (Lipinski definition) is 5. The Hall–Kier alpha value is -0.880. The van der Waals surface area contributed by atoms with Gasteiger partial charge in [0.2, 0.25) is 0 Å². The predicted octanol–water partition coefficient (Wildman–Crippen LogP) is 0.0819. The lowest BCUT2D eigenvalue weighted by molar-refractivity contribution is -0.134. The maximum atomic E-state index is 10.5. The normalized spacial score (nSPS) is 11.8. The fourth-order valence-corrected chi connectivity index (χ4v) is 0.914. The Morgan fingerprint density at radius 3 is 2.54 bits per heavy atom. The number of hydrogen-bond donors (Lipinski definition) is 0. The molecular formula is C7H12O5S. The third-order valence-electron chi connectivity index (χ3n) is 1.04. The Kier molecular flexibility index (Phi) is 5.33. The molecule has 0 aromatic rings. The number of esters is 1. The van der Waals surface area contributed by atoms with E-state index in [1.165, 1.54) is 19.3 Å². The van der Waals surface area contributed by atoms with Gasteiger partial charge in [-0.1, -0.05) is 6.08 Å². The van der Waals surface area contributed by atoms with E-state index in [1.807, 2.05) is 0 Å². The first-order valence-electron chi connectivity index (χ1n) is 3.54. The van der Waals surface area contributed by atoms with Crippen molar-refractivity contribution in [2.45, 2.75) is 6.42 Å². The molecule has 0 aliphatic heterocycles. The molecule has 0 aromatic heterocycles. The number of carbonyl (C=O) groups excluding carboxylic acids is 1. The summed E-state index contributed by atoms with van der Waals surface area (Å²) in [5.74, 6) is -0.473. The minimum Gasteiger partial charge on any atom is -0.466 e. The van der Waals surface area contributed by atoms with Gasteiger partial charge in [-0.15, -0.1) is 0 Å². The van der Waals surface area contributed by atoms with Gasteiger partial charge in [0.15, 0.2) is 0 Å². The summed E-state index contributed by atoms with van der Waals surface area (Å²) < 4.78 is 29.6. The summed E-state index contributed by atoms with van der Waals surface area (Å²) >= 11 is 0. The molecule has 0 radical (unpaired) electrons. The molecule has 6 heteroatoms. The minimum absolute atomic E-state index is 0.0341. The summed E-state index contributed by atoms with van der Waals surface area (Å²) in [5.41, 5.74) is 0. The van der Waals surface area contributed by atoms with Crippen LogP contribution in [-0.2, 0) is 23.8 Å². The molecule has 0 aromatic carbocycles. The zero-order chi connectivity index (χ0) is 10.3. The van der Waals surface area contributed by atoms with Crippen LogP contribution in [0.5, 0.6) is 0 Å². The van der Waals surface area contributed by atoms with Crippen molar-refractivity contribution in [3.63, 3.8) is 0 Å². The molecule has 0 heterocycles. The van der Waals surface area contributed by atoms with Crippen LogP contribution in [0.25, 0.3) is 0 Å². The molecule has 13 heavy (non-hydrogen) atoms. The quantitative estimate of drug-likeness (QED) is 0.277. The van der Waals surface area contributed by atoms with Gasteiger partial charge in [-0.3, -0.25) is 4.18 Å². The van der Waals surface area contributed by atoms with E-state index in [2.05, 4.69) is 8.92 Å². The van der Waals surface area contributed by atoms with E-state index in [0.717, 1.165) is 6.26 Å². The zero-order valence-corrected chi connectivity index (χ0v) is 8.33. The molecule has 0 N–H and O–H groups in total.